The molecule has 9 heteroatoms. The molecule has 1 saturated carbocycles. The molecule has 0 radical (unpaired) electrons. The molecule has 0 spiro atoms. The number of aromatic nitrogens is 4. The number of aliphatic hydroxyl groups excluding tert-OH is 1. The molecule has 3 aromatic rings. The Hall–Kier alpha value is -2.07. The molecule has 0 saturated heterocycles. The maximum atomic E-state index is 9.95. The first kappa shape index (κ1) is 23.1. The number of hydrogen-bond acceptors (Lipinski definition) is 7. The number of benzene rings is 1. The van der Waals surface area contributed by atoms with Gasteiger partial charge in [-0.1, -0.05) is 0 Å². The molecular weight excluding hydrogens is 513 g/mol. The van der Waals surface area contributed by atoms with Gasteiger partial charge in [0.1, 0.15) is 0 Å². The summed E-state index contributed by atoms with van der Waals surface area (Å²) in [5.41, 5.74) is 1.92. The third-order valence-electron chi connectivity index (χ3n) is 6.15. The molecule has 2 N–H and O–H groups in total. The van der Waals surface area contributed by atoms with Gasteiger partial charge < -0.3 is 0 Å². The second-order valence-electron chi connectivity index (χ2n) is 9.46. The van der Waals surface area contributed by atoms with E-state index in [1.54, 1.807) is 20.5 Å². The van der Waals surface area contributed by atoms with Crippen molar-refractivity contribution in [2.75, 3.05) is 19.5 Å². The van der Waals surface area contributed by atoms with E-state index in [0.29, 0.717) is 6.54 Å². The fraction of sp³-hybridized carbons (Fsp3) is 0.522. The predicted octanol–water partition coefficient (Wildman–Crippen LogP) is 3.48. The van der Waals surface area contributed by atoms with Gasteiger partial charge in [-0.2, -0.15) is 0 Å². The first-order chi connectivity index (χ1) is 15.3. The number of hydrogen-bond donors (Lipinski definition) is 2. The number of anilines is 1. The average Bonchev–Trinajstić information content (AvgIpc) is 3.19. The van der Waals surface area contributed by atoms with Crippen molar-refractivity contribution in [1.29, 1.82) is 0 Å². The van der Waals surface area contributed by atoms with E-state index in [4.69, 9.17) is 14.6 Å². The number of rotatable bonds is 7. The number of ether oxygens (including phenoxy) is 2. The molecule has 32 heavy (non-hydrogen) atoms. The molecule has 1 aliphatic carbocycles. The van der Waals surface area contributed by atoms with E-state index < -0.39 is 18.4 Å². The van der Waals surface area contributed by atoms with Gasteiger partial charge in [0.25, 0.3) is 0 Å². The van der Waals surface area contributed by atoms with Crippen LogP contribution in [0.5, 0.6) is 11.5 Å². The summed E-state index contributed by atoms with van der Waals surface area (Å²) in [6, 6.07) is 6.09. The zero-order chi connectivity index (χ0) is 22.9. The van der Waals surface area contributed by atoms with E-state index in [1.807, 2.05) is 18.2 Å². The third kappa shape index (κ3) is 4.66. The van der Waals surface area contributed by atoms with Crippen molar-refractivity contribution >= 4 is 38.9 Å². The molecule has 4 rings (SSSR count). The minimum absolute atomic E-state index is 0.194. The molecule has 0 unspecified atom stereocenters. The Morgan fingerprint density at radius 2 is 1.84 bits per heavy atom. The molecule has 0 aliphatic heterocycles. The monoisotopic (exact) mass is 547 g/mol. The van der Waals surface area contributed by atoms with Gasteiger partial charge in [0.2, 0.25) is 0 Å². The van der Waals surface area contributed by atoms with Crippen LogP contribution >= 0.6 is 0 Å². The number of nitrogens with zero attached hydrogens (tertiary/aromatic N) is 4. The van der Waals surface area contributed by atoms with Gasteiger partial charge in [0, 0.05) is 0 Å². The fourth-order valence-corrected chi connectivity index (χ4v) is 8.33. The Morgan fingerprint density at radius 3 is 2.50 bits per heavy atom. The molecule has 1 aromatic carbocycles. The molecular formula is C23H33N5O3Sn. The van der Waals surface area contributed by atoms with Gasteiger partial charge in [0.05, 0.1) is 0 Å². The van der Waals surface area contributed by atoms with E-state index in [9.17, 15) is 5.11 Å². The summed E-state index contributed by atoms with van der Waals surface area (Å²) >= 11 is -2.58. The molecule has 0 bridgehead atoms. The van der Waals surface area contributed by atoms with E-state index in [0.717, 1.165) is 59.6 Å². The van der Waals surface area contributed by atoms with Gasteiger partial charge in [-0.15, -0.1) is 0 Å². The van der Waals surface area contributed by atoms with Crippen molar-refractivity contribution in [3.63, 3.8) is 0 Å². The van der Waals surface area contributed by atoms with Crippen LogP contribution in [0.2, 0.25) is 14.8 Å². The van der Waals surface area contributed by atoms with Gasteiger partial charge in [-0.25, -0.2) is 0 Å². The number of aliphatic hydroxyl groups is 1. The van der Waals surface area contributed by atoms with Crippen molar-refractivity contribution in [2.24, 2.45) is 0 Å². The summed E-state index contributed by atoms with van der Waals surface area (Å²) in [6.07, 6.45) is 4.90. The summed E-state index contributed by atoms with van der Waals surface area (Å²) < 4.78 is 14.2. The van der Waals surface area contributed by atoms with Crippen molar-refractivity contribution in [1.82, 2.24) is 19.7 Å². The molecule has 0 amide bonds. The second-order valence-corrected chi connectivity index (χ2v) is 23.7. The number of fused-ring (bicyclic) bond motifs is 1. The van der Waals surface area contributed by atoms with Crippen molar-refractivity contribution < 1.29 is 14.6 Å². The van der Waals surface area contributed by atoms with Crippen LogP contribution in [0.15, 0.2) is 24.5 Å². The molecule has 0 atom stereocenters. The Kier molecular flexibility index (Phi) is 6.80. The summed E-state index contributed by atoms with van der Waals surface area (Å²) in [7, 11) is 3.31. The number of nitrogens with one attached hydrogen (secondary N) is 1. The molecule has 1 fully saturated rings. The zero-order valence-electron chi connectivity index (χ0n) is 19.6. The first-order valence-corrected chi connectivity index (χ1v) is 21.2. The van der Waals surface area contributed by atoms with Gasteiger partial charge in [0.15, 0.2) is 0 Å². The van der Waals surface area contributed by atoms with Gasteiger partial charge in [-0.3, -0.25) is 0 Å². The van der Waals surface area contributed by atoms with Crippen LogP contribution in [0.4, 0.5) is 5.82 Å². The van der Waals surface area contributed by atoms with E-state index >= 15 is 0 Å². The average molecular weight is 546 g/mol. The van der Waals surface area contributed by atoms with Crippen LogP contribution in [-0.4, -0.2) is 63.6 Å². The summed E-state index contributed by atoms with van der Waals surface area (Å²) in [5, 5.41) is 19.6. The van der Waals surface area contributed by atoms with Crippen LogP contribution < -0.4 is 18.5 Å². The van der Waals surface area contributed by atoms with Gasteiger partial charge >= 0.3 is 194 Å². The molecule has 2 aromatic heterocycles. The van der Waals surface area contributed by atoms with Crippen LogP contribution in [0.25, 0.3) is 11.0 Å². The van der Waals surface area contributed by atoms with Gasteiger partial charge in [-0.05, 0) is 0 Å². The zero-order valence-corrected chi connectivity index (χ0v) is 22.4. The maximum absolute atomic E-state index is 9.95. The number of methoxy groups -OCH3 is 2. The topological polar surface area (TPSA) is 94.3 Å². The van der Waals surface area contributed by atoms with Crippen molar-refractivity contribution in [3.8, 4) is 11.5 Å². The summed E-state index contributed by atoms with van der Waals surface area (Å²) in [6.45, 7) is 0.569. The quantitative estimate of drug-likeness (QED) is 0.439. The molecule has 172 valence electrons. The standard InChI is InChI=1S/C20H24N5O3.3CH3.Sn/c1-27-16-8-3-13(18(9-16)28-2)10-21-19-17-11-24-25(20(17)23-12-22-19)14-4-6-15(26)7-5-14;;;;/h3,8-9,12,14-15,26H,4-7,10H2,1-2H3,(H,21,22,23);3*1H3;. The Bertz CT molecular complexity index is 1090. The normalized spacial score (nSPS) is 19.2. The van der Waals surface area contributed by atoms with E-state index in [2.05, 4.69) is 34.8 Å². The van der Waals surface area contributed by atoms with E-state index in [-0.39, 0.29) is 12.1 Å². The second kappa shape index (κ2) is 9.43. The molecule has 8 nitrogen and oxygen atoms in total. The third-order valence-corrected chi connectivity index (χ3v) is 11.2. The van der Waals surface area contributed by atoms with Crippen LogP contribution in [0.1, 0.15) is 37.3 Å². The van der Waals surface area contributed by atoms with Crippen LogP contribution in [0.3, 0.4) is 0 Å². The van der Waals surface area contributed by atoms with Crippen LogP contribution in [0, 0.1) is 0 Å². The van der Waals surface area contributed by atoms with E-state index in [1.165, 1.54) is 3.71 Å². The van der Waals surface area contributed by atoms with Crippen LogP contribution in [-0.2, 0) is 6.54 Å². The fourth-order valence-electron chi connectivity index (χ4n) is 4.37. The Balaban J connectivity index is 1.71. The predicted molar refractivity (Wildman–Crippen MR) is 129 cm³/mol. The summed E-state index contributed by atoms with van der Waals surface area (Å²) in [4.78, 5) is 16.4. The first-order valence-electron chi connectivity index (χ1n) is 11.2. The van der Waals surface area contributed by atoms with Crippen molar-refractivity contribution in [3.05, 3.63) is 30.1 Å². The van der Waals surface area contributed by atoms with Crippen molar-refractivity contribution in [2.45, 2.75) is 59.2 Å². The SMILES string of the molecule is COc1ccc(CNc2ncnc3c2[c]([Sn]([CH3])([CH3])[CH3])nn3C2CCC(O)CC2)c(OC)c1. The Labute approximate surface area is 193 Å². The molecule has 2 heterocycles. The minimum atomic E-state index is -2.58. The Morgan fingerprint density at radius 1 is 1.09 bits per heavy atom. The summed E-state index contributed by atoms with van der Waals surface area (Å²) in [5.74, 6) is 2.35. The molecule has 1 aliphatic rings.